The fraction of sp³-hybridized carbons (Fsp3) is 0.125. The van der Waals surface area contributed by atoms with Crippen molar-refractivity contribution in [2.45, 2.75) is 23.9 Å². The van der Waals surface area contributed by atoms with E-state index in [4.69, 9.17) is 0 Å². The number of benzene rings is 3. The van der Waals surface area contributed by atoms with E-state index < -0.39 is 5.25 Å². The maximum absolute atomic E-state index is 13.2. The maximum Gasteiger partial charge on any atom is 0.242 e. The number of anilines is 1. The van der Waals surface area contributed by atoms with Crippen LogP contribution < -0.4 is 5.32 Å². The third-order valence-corrected chi connectivity index (χ3v) is 5.98. The number of nitrogens with zero attached hydrogens (tertiary/aromatic N) is 3. The fourth-order valence-electron chi connectivity index (χ4n) is 3.21. The summed E-state index contributed by atoms with van der Waals surface area (Å²) in [4.78, 5) is 13.2. The summed E-state index contributed by atoms with van der Waals surface area (Å²) in [6, 6.07) is 25.1. The summed E-state index contributed by atoms with van der Waals surface area (Å²) in [7, 11) is 0. The molecule has 1 amide bonds. The minimum atomic E-state index is -0.552. The van der Waals surface area contributed by atoms with Crippen LogP contribution in [-0.4, -0.2) is 20.7 Å². The lowest BCUT2D eigenvalue weighted by Crippen LogP contribution is -2.19. The Balaban J connectivity index is 1.65. The van der Waals surface area contributed by atoms with E-state index in [-0.39, 0.29) is 11.7 Å². The van der Waals surface area contributed by atoms with Gasteiger partial charge in [0.1, 0.15) is 11.1 Å². The standard InChI is InChI=1S/C24H21FN4OS/c1-2-29-22(18-11-7-4-8-12-18)27-28-24(29)31-21(17-9-5-3-6-10-17)23(30)26-20-15-13-19(25)14-16-20/h3-16,21H,2H2,1H3,(H,26,30)/t21-/m0/s1. The number of hydrogen-bond donors (Lipinski definition) is 1. The quantitative estimate of drug-likeness (QED) is 0.388. The van der Waals surface area contributed by atoms with Gasteiger partial charge in [0.15, 0.2) is 11.0 Å². The van der Waals surface area contributed by atoms with E-state index in [1.54, 1.807) is 12.1 Å². The second-order valence-corrected chi connectivity index (χ2v) is 7.89. The van der Waals surface area contributed by atoms with Gasteiger partial charge >= 0.3 is 0 Å². The molecule has 0 saturated heterocycles. The van der Waals surface area contributed by atoms with Crippen LogP contribution in [0.15, 0.2) is 90.1 Å². The highest BCUT2D eigenvalue weighted by atomic mass is 32.2. The minimum absolute atomic E-state index is 0.213. The second kappa shape index (κ2) is 9.57. The van der Waals surface area contributed by atoms with Crippen LogP contribution in [0.1, 0.15) is 17.7 Å². The third kappa shape index (κ3) is 4.83. The van der Waals surface area contributed by atoms with Gasteiger partial charge in [-0.05, 0) is 36.8 Å². The lowest BCUT2D eigenvalue weighted by Gasteiger charge is -2.17. The van der Waals surface area contributed by atoms with Crippen LogP contribution in [0.2, 0.25) is 0 Å². The molecule has 0 unspecified atom stereocenters. The SMILES string of the molecule is CCn1c(S[C@H](C(=O)Nc2ccc(F)cc2)c2ccccc2)nnc1-c1ccccc1. The van der Waals surface area contributed by atoms with Crippen LogP contribution >= 0.6 is 11.8 Å². The van der Waals surface area contributed by atoms with Gasteiger partial charge in [-0.25, -0.2) is 4.39 Å². The van der Waals surface area contributed by atoms with Crippen molar-refractivity contribution in [1.82, 2.24) is 14.8 Å². The normalized spacial score (nSPS) is 11.8. The number of nitrogens with one attached hydrogen (secondary N) is 1. The number of rotatable bonds is 7. The number of hydrogen-bond acceptors (Lipinski definition) is 4. The van der Waals surface area contributed by atoms with Gasteiger partial charge in [-0.2, -0.15) is 0 Å². The van der Waals surface area contributed by atoms with Gasteiger partial charge in [-0.15, -0.1) is 10.2 Å². The molecule has 4 rings (SSSR count). The van der Waals surface area contributed by atoms with Gasteiger partial charge < -0.3 is 9.88 Å². The van der Waals surface area contributed by atoms with Gasteiger partial charge in [0.25, 0.3) is 0 Å². The minimum Gasteiger partial charge on any atom is -0.325 e. The summed E-state index contributed by atoms with van der Waals surface area (Å²) in [5.41, 5.74) is 2.35. The van der Waals surface area contributed by atoms with Crippen molar-refractivity contribution in [2.75, 3.05) is 5.32 Å². The predicted octanol–water partition coefficient (Wildman–Crippen LogP) is 5.58. The molecule has 0 aliphatic carbocycles. The molecule has 31 heavy (non-hydrogen) atoms. The van der Waals surface area contributed by atoms with Crippen LogP contribution in [-0.2, 0) is 11.3 Å². The van der Waals surface area contributed by atoms with E-state index >= 15 is 0 Å². The molecular formula is C24H21FN4OS. The molecule has 0 bridgehead atoms. The molecule has 7 heteroatoms. The van der Waals surface area contributed by atoms with E-state index in [9.17, 15) is 9.18 Å². The third-order valence-electron chi connectivity index (χ3n) is 4.74. The van der Waals surface area contributed by atoms with Crippen LogP contribution in [0.4, 0.5) is 10.1 Å². The molecule has 5 nitrogen and oxygen atoms in total. The lowest BCUT2D eigenvalue weighted by molar-refractivity contribution is -0.115. The summed E-state index contributed by atoms with van der Waals surface area (Å²) in [6.07, 6.45) is 0. The molecule has 0 radical (unpaired) electrons. The number of halogens is 1. The molecule has 0 saturated carbocycles. The Morgan fingerprint density at radius 1 is 0.968 bits per heavy atom. The van der Waals surface area contributed by atoms with Gasteiger partial charge in [0.05, 0.1) is 0 Å². The van der Waals surface area contributed by atoms with Crippen LogP contribution in [0.5, 0.6) is 0 Å². The summed E-state index contributed by atoms with van der Waals surface area (Å²) in [6.45, 7) is 2.69. The molecule has 0 aliphatic heterocycles. The van der Waals surface area contributed by atoms with Crippen LogP contribution in [0.25, 0.3) is 11.4 Å². The summed E-state index contributed by atoms with van der Waals surface area (Å²) >= 11 is 1.34. The van der Waals surface area contributed by atoms with Crippen molar-refractivity contribution in [3.8, 4) is 11.4 Å². The van der Waals surface area contributed by atoms with Crippen molar-refractivity contribution in [3.05, 3.63) is 96.3 Å². The molecule has 1 N–H and O–H groups in total. The van der Waals surface area contributed by atoms with Crippen LogP contribution in [0.3, 0.4) is 0 Å². The monoisotopic (exact) mass is 432 g/mol. The number of carbonyl (C=O) groups excluding carboxylic acids is 1. The van der Waals surface area contributed by atoms with E-state index in [1.807, 2.05) is 72.2 Å². The molecule has 0 aliphatic rings. The van der Waals surface area contributed by atoms with E-state index in [0.717, 1.165) is 17.0 Å². The molecule has 1 aromatic heterocycles. The predicted molar refractivity (Wildman–Crippen MR) is 121 cm³/mol. The highest BCUT2D eigenvalue weighted by Gasteiger charge is 2.26. The Morgan fingerprint density at radius 3 is 2.26 bits per heavy atom. The Bertz CT molecular complexity index is 1150. The first-order valence-electron chi connectivity index (χ1n) is 9.92. The smallest absolute Gasteiger partial charge is 0.242 e. The second-order valence-electron chi connectivity index (χ2n) is 6.82. The average molecular weight is 433 g/mol. The first-order valence-corrected chi connectivity index (χ1v) is 10.8. The zero-order valence-corrected chi connectivity index (χ0v) is 17.7. The van der Waals surface area contributed by atoms with Gasteiger partial charge in [-0.1, -0.05) is 72.4 Å². The highest BCUT2D eigenvalue weighted by molar-refractivity contribution is 8.00. The fourth-order valence-corrected chi connectivity index (χ4v) is 4.31. The number of thioether (sulfide) groups is 1. The summed E-state index contributed by atoms with van der Waals surface area (Å²) in [5, 5.41) is 11.7. The molecular weight excluding hydrogens is 411 g/mol. The Hall–Kier alpha value is -3.45. The van der Waals surface area contributed by atoms with Crippen molar-refractivity contribution in [2.24, 2.45) is 0 Å². The molecule has 4 aromatic rings. The molecule has 0 fully saturated rings. The zero-order chi connectivity index (χ0) is 21.6. The van der Waals surface area contributed by atoms with Gasteiger partial charge in [0.2, 0.25) is 5.91 Å². The molecule has 3 aromatic carbocycles. The maximum atomic E-state index is 13.2. The van der Waals surface area contributed by atoms with Crippen molar-refractivity contribution < 1.29 is 9.18 Å². The highest BCUT2D eigenvalue weighted by Crippen LogP contribution is 2.36. The Labute approximate surface area is 184 Å². The van der Waals surface area contributed by atoms with E-state index in [0.29, 0.717) is 17.4 Å². The topological polar surface area (TPSA) is 59.8 Å². The van der Waals surface area contributed by atoms with Crippen LogP contribution in [0, 0.1) is 5.82 Å². The lowest BCUT2D eigenvalue weighted by atomic mass is 10.1. The summed E-state index contributed by atoms with van der Waals surface area (Å²) in [5.74, 6) is 0.197. The zero-order valence-electron chi connectivity index (χ0n) is 16.9. The Morgan fingerprint density at radius 2 is 1.61 bits per heavy atom. The number of aromatic nitrogens is 3. The largest absolute Gasteiger partial charge is 0.325 e. The molecule has 0 spiro atoms. The number of carbonyl (C=O) groups is 1. The van der Waals surface area contributed by atoms with E-state index in [2.05, 4.69) is 15.5 Å². The molecule has 1 heterocycles. The first-order chi connectivity index (χ1) is 15.2. The first kappa shape index (κ1) is 20.8. The van der Waals surface area contributed by atoms with Gasteiger partial charge in [0, 0.05) is 17.8 Å². The van der Waals surface area contributed by atoms with Crippen molar-refractivity contribution in [3.63, 3.8) is 0 Å². The van der Waals surface area contributed by atoms with Crippen molar-refractivity contribution >= 4 is 23.4 Å². The summed E-state index contributed by atoms with van der Waals surface area (Å²) < 4.78 is 15.2. The average Bonchev–Trinajstić information content (AvgIpc) is 3.22. The van der Waals surface area contributed by atoms with Crippen molar-refractivity contribution in [1.29, 1.82) is 0 Å². The Kier molecular flexibility index (Phi) is 6.43. The van der Waals surface area contributed by atoms with E-state index in [1.165, 1.54) is 23.9 Å². The molecule has 1 atom stereocenters. The van der Waals surface area contributed by atoms with Gasteiger partial charge in [-0.3, -0.25) is 4.79 Å². The number of amides is 1. The molecule has 156 valence electrons.